The topological polar surface area (TPSA) is 158 Å². The number of halogens is 1. The molecule has 1 aliphatic rings. The smallest absolute Gasteiger partial charge is 0.306 e. The number of carbonyl (C=O) groups is 5. The highest BCUT2D eigenvalue weighted by Crippen LogP contribution is 2.31. The maximum absolute atomic E-state index is 14.1. The van der Waals surface area contributed by atoms with Crippen LogP contribution in [0, 0.1) is 23.6 Å². The number of carboxylic acid groups (broad SMARTS) is 1. The van der Waals surface area contributed by atoms with Gasteiger partial charge < -0.3 is 25.4 Å². The van der Waals surface area contributed by atoms with Gasteiger partial charge in [0.05, 0.1) is 12.0 Å². The highest BCUT2D eigenvalue weighted by atomic mass is 32.1. The van der Waals surface area contributed by atoms with Gasteiger partial charge in [0.25, 0.3) is 5.91 Å². The van der Waals surface area contributed by atoms with Crippen molar-refractivity contribution in [1.29, 1.82) is 0 Å². The first-order valence-corrected chi connectivity index (χ1v) is 18.6. The molecule has 1 saturated heterocycles. The van der Waals surface area contributed by atoms with E-state index >= 15 is 0 Å². The number of likely N-dealkylation sites (N-methyl/N-ethyl adjacent to an activating group) is 2. The van der Waals surface area contributed by atoms with Crippen LogP contribution < -0.4 is 10.6 Å². The number of hydrogen-bond acceptors (Lipinski definition) is 9. The van der Waals surface area contributed by atoms with Crippen molar-refractivity contribution in [2.75, 3.05) is 20.6 Å². The second kappa shape index (κ2) is 19.1. The second-order valence-corrected chi connectivity index (χ2v) is 15.0. The molecule has 0 bridgehead atoms. The summed E-state index contributed by atoms with van der Waals surface area (Å²) >= 11 is 1.14. The summed E-state index contributed by atoms with van der Waals surface area (Å²) in [6.07, 6.45) is 2.08. The third-order valence-electron chi connectivity index (χ3n) is 9.80. The lowest BCUT2D eigenvalue weighted by molar-refractivity contribution is -0.149. The summed E-state index contributed by atoms with van der Waals surface area (Å²) in [6.45, 7) is 11.5. The zero-order chi connectivity index (χ0) is 38.0. The van der Waals surface area contributed by atoms with Crippen molar-refractivity contribution in [2.24, 2.45) is 17.8 Å². The van der Waals surface area contributed by atoms with Crippen molar-refractivity contribution in [3.8, 4) is 0 Å². The lowest BCUT2D eigenvalue weighted by Gasteiger charge is -2.37. The van der Waals surface area contributed by atoms with Crippen LogP contribution in [0.25, 0.3) is 0 Å². The Morgan fingerprint density at radius 1 is 1.10 bits per heavy atom. The molecule has 1 aliphatic heterocycles. The van der Waals surface area contributed by atoms with Gasteiger partial charge in [-0.1, -0.05) is 53.2 Å². The predicted octanol–water partition coefficient (Wildman–Crippen LogP) is 4.84. The number of nitrogens with one attached hydrogen (secondary N) is 2. The van der Waals surface area contributed by atoms with Crippen molar-refractivity contribution in [3.05, 3.63) is 51.7 Å². The maximum atomic E-state index is 14.1. The van der Waals surface area contributed by atoms with Crippen LogP contribution in [0.5, 0.6) is 0 Å². The Morgan fingerprint density at radius 2 is 1.76 bits per heavy atom. The molecule has 2 heterocycles. The van der Waals surface area contributed by atoms with Gasteiger partial charge in [0, 0.05) is 37.9 Å². The van der Waals surface area contributed by atoms with E-state index in [2.05, 4.69) is 15.6 Å². The molecule has 1 fully saturated rings. The van der Waals surface area contributed by atoms with Crippen LogP contribution in [-0.2, 0) is 30.3 Å². The molecular formula is C37H54FN5O7S. The number of carbonyl (C=O) groups excluding carboxylic acids is 4. The Balaban J connectivity index is 1.81. The normalized spacial score (nSPS) is 18.3. The molecule has 14 heteroatoms. The Kier molecular flexibility index (Phi) is 15.5. The second-order valence-electron chi connectivity index (χ2n) is 14.2. The highest BCUT2D eigenvalue weighted by molar-refractivity contribution is 7.09. The minimum atomic E-state index is -1.00. The van der Waals surface area contributed by atoms with Gasteiger partial charge >= 0.3 is 11.9 Å². The number of aromatic nitrogens is 1. The summed E-state index contributed by atoms with van der Waals surface area (Å²) in [5.74, 6) is -3.83. The molecule has 0 spiro atoms. The zero-order valence-electron chi connectivity index (χ0n) is 31.0. The molecule has 1 aromatic carbocycles. The van der Waals surface area contributed by atoms with Crippen LogP contribution in [0.1, 0.15) is 101 Å². The number of benzene rings is 1. The standard InChI is InChI=1S/C37H54FN5O7S/c1-9-22(4)32(41-34(46)29-11-10-16-42(29)7)36(47)43(8)30(21(2)3)19-31(50-24(6)44)35-40-28(20-51-35)33(45)39-27(17-23(5)37(48)49)18-25-12-14-26(38)15-13-25/h12-15,20-23,27,29-32H,9-11,16-19H2,1-8H3,(H,39,45)(H,41,46)(H,48,49)/t22?,23-,27+,29+,30+,31+,32-/m0/s1. The van der Waals surface area contributed by atoms with Crippen molar-refractivity contribution in [3.63, 3.8) is 0 Å². The molecule has 1 unspecified atom stereocenters. The fraction of sp³-hybridized carbons (Fsp3) is 0.622. The number of ether oxygens (including phenoxy) is 1. The van der Waals surface area contributed by atoms with Crippen molar-refractivity contribution >= 4 is 41.0 Å². The largest absolute Gasteiger partial charge is 0.481 e. The summed E-state index contributed by atoms with van der Waals surface area (Å²) < 4.78 is 19.2. The van der Waals surface area contributed by atoms with E-state index in [0.29, 0.717) is 11.4 Å². The minimum absolute atomic E-state index is 0.0705. The van der Waals surface area contributed by atoms with Gasteiger partial charge in [-0.3, -0.25) is 28.9 Å². The number of carboxylic acids is 1. The van der Waals surface area contributed by atoms with Crippen molar-refractivity contribution in [2.45, 2.75) is 110 Å². The number of aliphatic carboxylic acids is 1. The molecule has 3 amide bonds. The molecule has 0 saturated carbocycles. The number of nitrogens with zero attached hydrogens (tertiary/aromatic N) is 3. The van der Waals surface area contributed by atoms with Gasteiger partial charge in [-0.2, -0.15) is 0 Å². The van der Waals surface area contributed by atoms with Gasteiger partial charge in [0.1, 0.15) is 22.6 Å². The molecule has 0 aliphatic carbocycles. The number of likely N-dealkylation sites (tertiary alicyclic amines) is 1. The van der Waals surface area contributed by atoms with Gasteiger partial charge in [0.15, 0.2) is 6.10 Å². The van der Waals surface area contributed by atoms with Crippen LogP contribution in [0.3, 0.4) is 0 Å². The first-order chi connectivity index (χ1) is 24.0. The first kappa shape index (κ1) is 41.5. The molecular weight excluding hydrogens is 678 g/mol. The van der Waals surface area contributed by atoms with Crippen LogP contribution in [0.4, 0.5) is 4.39 Å². The van der Waals surface area contributed by atoms with E-state index in [-0.39, 0.29) is 54.6 Å². The average molecular weight is 732 g/mol. The third-order valence-corrected chi connectivity index (χ3v) is 10.7. The number of hydrogen-bond donors (Lipinski definition) is 3. The van der Waals surface area contributed by atoms with Crippen LogP contribution in [0.2, 0.25) is 0 Å². The van der Waals surface area contributed by atoms with Crippen LogP contribution >= 0.6 is 11.3 Å². The summed E-state index contributed by atoms with van der Waals surface area (Å²) in [4.78, 5) is 72.9. The lowest BCUT2D eigenvalue weighted by atomic mass is 9.93. The molecule has 3 rings (SSSR count). The highest BCUT2D eigenvalue weighted by Gasteiger charge is 2.37. The maximum Gasteiger partial charge on any atom is 0.306 e. The Morgan fingerprint density at radius 3 is 2.31 bits per heavy atom. The SMILES string of the molecule is CCC(C)[C@H](NC(=O)[C@H]1CCCN1C)C(=O)N(C)[C@H](C[C@@H](OC(C)=O)c1nc(C(=O)N[C@@H](Cc2ccc(F)cc2)C[C@H](C)C(=O)O)cs1)C(C)C. The Hall–Kier alpha value is -3.91. The minimum Gasteiger partial charge on any atom is -0.481 e. The van der Waals surface area contributed by atoms with Gasteiger partial charge in [-0.25, -0.2) is 9.37 Å². The van der Waals surface area contributed by atoms with E-state index in [1.807, 2.05) is 39.6 Å². The molecule has 0 radical (unpaired) electrons. The molecule has 12 nitrogen and oxygen atoms in total. The van der Waals surface area contributed by atoms with Crippen LogP contribution in [-0.4, -0.2) is 94.4 Å². The van der Waals surface area contributed by atoms with E-state index in [9.17, 15) is 33.5 Å². The average Bonchev–Trinajstić information content (AvgIpc) is 3.75. The molecule has 7 atom stereocenters. The van der Waals surface area contributed by atoms with Gasteiger partial charge in [0.2, 0.25) is 11.8 Å². The molecule has 1 aromatic heterocycles. The van der Waals surface area contributed by atoms with E-state index < -0.39 is 53.8 Å². The number of rotatable bonds is 18. The summed E-state index contributed by atoms with van der Waals surface area (Å²) in [7, 11) is 3.61. The Labute approximate surface area is 304 Å². The summed E-state index contributed by atoms with van der Waals surface area (Å²) in [5, 5.41) is 17.3. The first-order valence-electron chi connectivity index (χ1n) is 17.7. The summed E-state index contributed by atoms with van der Waals surface area (Å²) in [5.41, 5.74) is 0.800. The predicted molar refractivity (Wildman–Crippen MR) is 192 cm³/mol. The number of amides is 3. The van der Waals surface area contributed by atoms with E-state index in [4.69, 9.17) is 4.74 Å². The molecule has 3 N–H and O–H groups in total. The molecule has 282 valence electrons. The molecule has 51 heavy (non-hydrogen) atoms. The van der Waals surface area contributed by atoms with E-state index in [1.54, 1.807) is 36.4 Å². The van der Waals surface area contributed by atoms with E-state index in [1.165, 1.54) is 19.1 Å². The number of esters is 1. The fourth-order valence-corrected chi connectivity index (χ4v) is 7.32. The Bertz CT molecular complexity index is 1500. The fourth-order valence-electron chi connectivity index (χ4n) is 6.48. The zero-order valence-corrected chi connectivity index (χ0v) is 31.8. The lowest BCUT2D eigenvalue weighted by Crippen LogP contribution is -2.56. The van der Waals surface area contributed by atoms with E-state index in [0.717, 1.165) is 36.3 Å². The quantitative estimate of drug-likeness (QED) is 0.183. The number of thiazole rings is 1. The van der Waals surface area contributed by atoms with Crippen LogP contribution in [0.15, 0.2) is 29.6 Å². The summed E-state index contributed by atoms with van der Waals surface area (Å²) in [6, 6.07) is 3.77. The van der Waals surface area contributed by atoms with Gasteiger partial charge in [-0.15, -0.1) is 11.3 Å². The molecule has 2 aromatic rings. The van der Waals surface area contributed by atoms with Crippen molar-refractivity contribution in [1.82, 2.24) is 25.4 Å². The monoisotopic (exact) mass is 731 g/mol. The van der Waals surface area contributed by atoms with Gasteiger partial charge in [-0.05, 0) is 68.8 Å². The third kappa shape index (κ3) is 11.8. The van der Waals surface area contributed by atoms with Crippen molar-refractivity contribution < 1.29 is 38.2 Å².